The van der Waals surface area contributed by atoms with E-state index in [0.717, 1.165) is 13.0 Å². The molecule has 1 aliphatic heterocycles. The number of aliphatic hydroxyl groups is 1. The van der Waals surface area contributed by atoms with Gasteiger partial charge < -0.3 is 5.11 Å². The SMILES string of the molecule is CC(O)CC1CCCCCN1Cc1sccc1Br. The molecule has 2 rings (SSSR count). The lowest BCUT2D eigenvalue weighted by Gasteiger charge is -2.30. The summed E-state index contributed by atoms with van der Waals surface area (Å²) in [6.45, 7) is 4.10. The molecular weight excluding hydrogens is 310 g/mol. The van der Waals surface area contributed by atoms with Crippen molar-refractivity contribution in [1.82, 2.24) is 4.90 Å². The maximum Gasteiger partial charge on any atom is 0.0527 e. The summed E-state index contributed by atoms with van der Waals surface area (Å²) in [5.74, 6) is 0. The van der Waals surface area contributed by atoms with E-state index in [1.165, 1.54) is 41.6 Å². The molecule has 1 saturated heterocycles. The van der Waals surface area contributed by atoms with Gasteiger partial charge in [0, 0.05) is 21.9 Å². The largest absolute Gasteiger partial charge is 0.393 e. The molecule has 1 fully saturated rings. The van der Waals surface area contributed by atoms with Gasteiger partial charge in [-0.3, -0.25) is 4.90 Å². The van der Waals surface area contributed by atoms with Gasteiger partial charge in [0.2, 0.25) is 0 Å². The van der Waals surface area contributed by atoms with Crippen LogP contribution in [0, 0.1) is 0 Å². The van der Waals surface area contributed by atoms with Crippen molar-refractivity contribution in [2.24, 2.45) is 0 Å². The van der Waals surface area contributed by atoms with E-state index in [2.05, 4.69) is 32.3 Å². The van der Waals surface area contributed by atoms with Crippen LogP contribution in [0.25, 0.3) is 0 Å². The molecule has 2 unspecified atom stereocenters. The van der Waals surface area contributed by atoms with Crippen LogP contribution in [0.15, 0.2) is 15.9 Å². The van der Waals surface area contributed by atoms with Gasteiger partial charge >= 0.3 is 0 Å². The number of likely N-dealkylation sites (tertiary alicyclic amines) is 1. The summed E-state index contributed by atoms with van der Waals surface area (Å²) in [5, 5.41) is 11.8. The second-order valence-corrected chi connectivity index (χ2v) is 7.11. The first-order chi connectivity index (χ1) is 8.66. The summed E-state index contributed by atoms with van der Waals surface area (Å²) in [6, 6.07) is 2.67. The fourth-order valence-corrected chi connectivity index (χ4v) is 4.23. The molecule has 1 aliphatic rings. The topological polar surface area (TPSA) is 23.5 Å². The van der Waals surface area contributed by atoms with Crippen molar-refractivity contribution in [3.8, 4) is 0 Å². The van der Waals surface area contributed by atoms with E-state index >= 15 is 0 Å². The zero-order chi connectivity index (χ0) is 13.0. The second-order valence-electron chi connectivity index (χ2n) is 5.25. The Hall–Kier alpha value is 0.100. The van der Waals surface area contributed by atoms with Gasteiger partial charge in [0.1, 0.15) is 0 Å². The second kappa shape index (κ2) is 7.04. The highest BCUT2D eigenvalue weighted by Crippen LogP contribution is 2.28. The standard InChI is InChI=1S/C14H22BrNOS/c1-11(17)9-12-5-3-2-4-7-16(12)10-14-13(15)6-8-18-14/h6,8,11-12,17H,2-5,7,9-10H2,1H3. The summed E-state index contributed by atoms with van der Waals surface area (Å²) in [4.78, 5) is 3.98. The van der Waals surface area contributed by atoms with Gasteiger partial charge in [-0.1, -0.05) is 12.8 Å². The van der Waals surface area contributed by atoms with Crippen molar-refractivity contribution < 1.29 is 5.11 Å². The number of hydrogen-bond donors (Lipinski definition) is 1. The Balaban J connectivity index is 2.03. The molecule has 1 aromatic heterocycles. The lowest BCUT2D eigenvalue weighted by Crippen LogP contribution is -2.36. The third-order valence-electron chi connectivity index (χ3n) is 3.65. The zero-order valence-corrected chi connectivity index (χ0v) is 13.3. The van der Waals surface area contributed by atoms with Crippen LogP contribution in [-0.2, 0) is 6.54 Å². The molecule has 18 heavy (non-hydrogen) atoms. The highest BCUT2D eigenvalue weighted by atomic mass is 79.9. The molecule has 1 N–H and O–H groups in total. The lowest BCUT2D eigenvalue weighted by atomic mass is 10.0. The Morgan fingerprint density at radius 1 is 1.50 bits per heavy atom. The van der Waals surface area contributed by atoms with E-state index in [-0.39, 0.29) is 6.10 Å². The first-order valence-electron chi connectivity index (χ1n) is 6.81. The van der Waals surface area contributed by atoms with Gasteiger partial charge in [-0.25, -0.2) is 0 Å². The number of thiophene rings is 1. The minimum Gasteiger partial charge on any atom is -0.393 e. The Morgan fingerprint density at radius 3 is 3.00 bits per heavy atom. The van der Waals surface area contributed by atoms with Gasteiger partial charge in [-0.05, 0) is 60.1 Å². The summed E-state index contributed by atoms with van der Waals surface area (Å²) in [5.41, 5.74) is 0. The average molecular weight is 332 g/mol. The van der Waals surface area contributed by atoms with Crippen LogP contribution in [0.2, 0.25) is 0 Å². The third kappa shape index (κ3) is 4.05. The summed E-state index contributed by atoms with van der Waals surface area (Å²) in [6.07, 6.45) is 5.87. The Bertz CT molecular complexity index is 366. The Kier molecular flexibility index (Phi) is 5.67. The van der Waals surface area contributed by atoms with Crippen molar-refractivity contribution in [2.45, 2.75) is 57.7 Å². The van der Waals surface area contributed by atoms with Gasteiger partial charge in [-0.15, -0.1) is 11.3 Å². The monoisotopic (exact) mass is 331 g/mol. The number of nitrogens with zero attached hydrogens (tertiary/aromatic N) is 1. The summed E-state index contributed by atoms with van der Waals surface area (Å²) < 4.78 is 1.23. The molecule has 4 heteroatoms. The molecule has 0 spiro atoms. The fraction of sp³-hybridized carbons (Fsp3) is 0.714. The van der Waals surface area contributed by atoms with E-state index < -0.39 is 0 Å². The normalized spacial score (nSPS) is 23.8. The van der Waals surface area contributed by atoms with E-state index in [4.69, 9.17) is 0 Å². The summed E-state index contributed by atoms with van der Waals surface area (Å²) in [7, 11) is 0. The molecule has 0 aromatic carbocycles. The minimum absolute atomic E-state index is 0.192. The average Bonchev–Trinajstić information content (AvgIpc) is 2.58. The minimum atomic E-state index is -0.192. The van der Waals surface area contributed by atoms with Crippen LogP contribution in [0.5, 0.6) is 0 Å². The van der Waals surface area contributed by atoms with E-state index in [9.17, 15) is 5.11 Å². The Morgan fingerprint density at radius 2 is 2.33 bits per heavy atom. The van der Waals surface area contributed by atoms with Crippen LogP contribution >= 0.6 is 27.3 Å². The molecule has 2 nitrogen and oxygen atoms in total. The Labute approximate surface area is 122 Å². The fourth-order valence-electron chi connectivity index (χ4n) is 2.73. The van der Waals surface area contributed by atoms with Crippen LogP contribution in [0.4, 0.5) is 0 Å². The van der Waals surface area contributed by atoms with Crippen molar-refractivity contribution >= 4 is 27.3 Å². The van der Waals surface area contributed by atoms with Crippen LogP contribution in [0.1, 0.15) is 43.9 Å². The molecule has 2 heterocycles. The molecule has 0 saturated carbocycles. The smallest absolute Gasteiger partial charge is 0.0527 e. The van der Waals surface area contributed by atoms with Crippen LogP contribution < -0.4 is 0 Å². The highest BCUT2D eigenvalue weighted by molar-refractivity contribution is 9.10. The number of hydrogen-bond acceptors (Lipinski definition) is 3. The molecule has 2 atom stereocenters. The van der Waals surface area contributed by atoms with Crippen molar-refractivity contribution in [1.29, 1.82) is 0 Å². The molecule has 0 amide bonds. The van der Waals surface area contributed by atoms with Gasteiger partial charge in [0.05, 0.1) is 6.10 Å². The van der Waals surface area contributed by atoms with E-state index in [1.807, 2.05) is 18.3 Å². The van der Waals surface area contributed by atoms with Gasteiger partial charge in [0.25, 0.3) is 0 Å². The lowest BCUT2D eigenvalue weighted by molar-refractivity contribution is 0.109. The number of aliphatic hydroxyl groups excluding tert-OH is 1. The maximum atomic E-state index is 9.66. The molecule has 0 bridgehead atoms. The van der Waals surface area contributed by atoms with Crippen LogP contribution in [-0.4, -0.2) is 28.7 Å². The van der Waals surface area contributed by atoms with E-state index in [0.29, 0.717) is 6.04 Å². The quantitative estimate of drug-likeness (QED) is 0.900. The van der Waals surface area contributed by atoms with Gasteiger partial charge in [0.15, 0.2) is 0 Å². The molecular formula is C14H22BrNOS. The third-order valence-corrected chi connectivity index (χ3v) is 5.56. The molecule has 1 aromatic rings. The van der Waals surface area contributed by atoms with Gasteiger partial charge in [-0.2, -0.15) is 0 Å². The number of halogens is 1. The first kappa shape index (κ1) is 14.5. The zero-order valence-electron chi connectivity index (χ0n) is 10.9. The predicted octanol–water partition coefficient (Wildman–Crippen LogP) is 4.03. The summed E-state index contributed by atoms with van der Waals surface area (Å²) >= 11 is 5.44. The predicted molar refractivity (Wildman–Crippen MR) is 81.0 cm³/mol. The number of rotatable bonds is 4. The van der Waals surface area contributed by atoms with Crippen molar-refractivity contribution in [3.63, 3.8) is 0 Å². The van der Waals surface area contributed by atoms with Crippen molar-refractivity contribution in [3.05, 3.63) is 20.8 Å². The maximum absolute atomic E-state index is 9.66. The van der Waals surface area contributed by atoms with Crippen LogP contribution in [0.3, 0.4) is 0 Å². The molecule has 0 aliphatic carbocycles. The molecule has 0 radical (unpaired) electrons. The first-order valence-corrected chi connectivity index (χ1v) is 8.48. The van der Waals surface area contributed by atoms with Crippen molar-refractivity contribution in [2.75, 3.05) is 6.54 Å². The molecule has 102 valence electrons. The highest BCUT2D eigenvalue weighted by Gasteiger charge is 2.23. The van der Waals surface area contributed by atoms with E-state index in [1.54, 1.807) is 0 Å².